The average molecular weight is 273 g/mol. The smallest absolute Gasteiger partial charge is 0.0503 e. The van der Waals surface area contributed by atoms with Crippen LogP contribution in [-0.4, -0.2) is 27.8 Å². The van der Waals surface area contributed by atoms with Crippen molar-refractivity contribution in [3.8, 4) is 0 Å². The number of nitrogens with one attached hydrogen (secondary N) is 1. The molecule has 0 aromatic carbocycles. The lowest BCUT2D eigenvalue weighted by Gasteiger charge is -2.36. The topological polar surface area (TPSA) is 29.1 Å². The van der Waals surface area contributed by atoms with E-state index >= 15 is 0 Å². The summed E-state index contributed by atoms with van der Waals surface area (Å²) in [4.78, 5) is 0. The second-order valence-electron chi connectivity index (χ2n) is 5.65. The zero-order chi connectivity index (χ0) is 13.4. The van der Waals surface area contributed by atoms with Crippen LogP contribution in [0.1, 0.15) is 65.7 Å². The SMILES string of the molecule is CCCNC1CCC(CCC)CC1S(=O)CCC. The lowest BCUT2D eigenvalue weighted by molar-refractivity contribution is 0.284. The van der Waals surface area contributed by atoms with Gasteiger partial charge in [-0.2, -0.15) is 0 Å². The van der Waals surface area contributed by atoms with Crippen molar-refractivity contribution in [1.82, 2.24) is 5.32 Å². The van der Waals surface area contributed by atoms with E-state index in [-0.39, 0.29) is 0 Å². The fourth-order valence-corrected chi connectivity index (χ4v) is 4.88. The number of rotatable bonds is 8. The summed E-state index contributed by atoms with van der Waals surface area (Å²) in [6.07, 6.45) is 8.54. The molecule has 1 saturated carbocycles. The molecule has 0 radical (unpaired) electrons. The normalized spacial score (nSPS) is 30.3. The first-order valence-electron chi connectivity index (χ1n) is 7.83. The molecule has 1 rings (SSSR count). The molecule has 0 aromatic heterocycles. The fourth-order valence-electron chi connectivity index (χ4n) is 3.09. The summed E-state index contributed by atoms with van der Waals surface area (Å²) >= 11 is 0. The highest BCUT2D eigenvalue weighted by Gasteiger charge is 2.33. The molecule has 2 nitrogen and oxygen atoms in total. The van der Waals surface area contributed by atoms with Crippen molar-refractivity contribution in [2.75, 3.05) is 12.3 Å². The summed E-state index contributed by atoms with van der Waals surface area (Å²) in [5, 5.41) is 4.03. The van der Waals surface area contributed by atoms with Crippen molar-refractivity contribution < 1.29 is 4.21 Å². The van der Waals surface area contributed by atoms with Crippen LogP contribution in [0.2, 0.25) is 0 Å². The summed E-state index contributed by atoms with van der Waals surface area (Å²) in [5.74, 6) is 1.70. The van der Waals surface area contributed by atoms with E-state index in [2.05, 4.69) is 26.1 Å². The highest BCUT2D eigenvalue weighted by molar-refractivity contribution is 7.85. The quantitative estimate of drug-likeness (QED) is 0.733. The molecule has 1 fully saturated rings. The van der Waals surface area contributed by atoms with Gasteiger partial charge < -0.3 is 5.32 Å². The van der Waals surface area contributed by atoms with Crippen LogP contribution in [0.15, 0.2) is 0 Å². The summed E-state index contributed by atoms with van der Waals surface area (Å²) in [6.45, 7) is 7.68. The minimum Gasteiger partial charge on any atom is -0.313 e. The van der Waals surface area contributed by atoms with Crippen LogP contribution < -0.4 is 5.32 Å². The fraction of sp³-hybridized carbons (Fsp3) is 1.00. The predicted molar refractivity (Wildman–Crippen MR) is 81.4 cm³/mol. The van der Waals surface area contributed by atoms with Crippen LogP contribution >= 0.6 is 0 Å². The van der Waals surface area contributed by atoms with E-state index in [1.165, 1.54) is 38.5 Å². The van der Waals surface area contributed by atoms with Gasteiger partial charge in [0.1, 0.15) is 0 Å². The first-order chi connectivity index (χ1) is 8.72. The van der Waals surface area contributed by atoms with Gasteiger partial charge in [-0.1, -0.05) is 33.6 Å². The molecule has 3 heteroatoms. The maximum atomic E-state index is 12.4. The largest absolute Gasteiger partial charge is 0.313 e. The Hall–Kier alpha value is 0.110. The van der Waals surface area contributed by atoms with Crippen molar-refractivity contribution in [1.29, 1.82) is 0 Å². The second kappa shape index (κ2) is 9.08. The van der Waals surface area contributed by atoms with E-state index in [1.54, 1.807) is 0 Å². The third-order valence-electron chi connectivity index (χ3n) is 4.00. The lowest BCUT2D eigenvalue weighted by Crippen LogP contribution is -2.47. The molecule has 4 unspecified atom stereocenters. The molecular formula is C15H31NOS. The van der Waals surface area contributed by atoms with E-state index in [4.69, 9.17) is 0 Å². The van der Waals surface area contributed by atoms with Crippen molar-refractivity contribution in [3.63, 3.8) is 0 Å². The second-order valence-corrected chi connectivity index (χ2v) is 7.43. The third-order valence-corrected chi connectivity index (χ3v) is 6.00. The van der Waals surface area contributed by atoms with E-state index < -0.39 is 10.8 Å². The predicted octanol–water partition coefficient (Wildman–Crippen LogP) is 3.48. The summed E-state index contributed by atoms with van der Waals surface area (Å²) in [6, 6.07) is 0.505. The molecule has 0 amide bonds. The van der Waals surface area contributed by atoms with Crippen molar-refractivity contribution in [2.45, 2.75) is 77.0 Å². The minimum atomic E-state index is -0.627. The molecule has 0 bridgehead atoms. The Bertz CT molecular complexity index is 245. The monoisotopic (exact) mass is 273 g/mol. The molecule has 108 valence electrons. The maximum Gasteiger partial charge on any atom is 0.0503 e. The first-order valence-corrected chi connectivity index (χ1v) is 9.21. The summed E-state index contributed by atoms with van der Waals surface area (Å²) in [7, 11) is -0.627. The molecule has 0 saturated heterocycles. The molecular weight excluding hydrogens is 242 g/mol. The molecule has 0 spiro atoms. The van der Waals surface area contributed by atoms with E-state index in [0.29, 0.717) is 11.3 Å². The average Bonchev–Trinajstić information content (AvgIpc) is 2.38. The van der Waals surface area contributed by atoms with E-state index in [9.17, 15) is 4.21 Å². The highest BCUT2D eigenvalue weighted by atomic mass is 32.2. The number of hydrogen-bond donors (Lipinski definition) is 1. The van der Waals surface area contributed by atoms with Crippen LogP contribution in [0.25, 0.3) is 0 Å². The Morgan fingerprint density at radius 2 is 1.89 bits per heavy atom. The summed E-state index contributed by atoms with van der Waals surface area (Å²) < 4.78 is 12.4. The Morgan fingerprint density at radius 1 is 1.11 bits per heavy atom. The van der Waals surface area contributed by atoms with Crippen LogP contribution in [0.3, 0.4) is 0 Å². The van der Waals surface area contributed by atoms with Crippen LogP contribution in [-0.2, 0) is 10.8 Å². The summed E-state index contributed by atoms with van der Waals surface area (Å²) in [5.41, 5.74) is 0. The van der Waals surface area contributed by atoms with Crippen molar-refractivity contribution >= 4 is 10.8 Å². The zero-order valence-corrected chi connectivity index (χ0v) is 13.2. The molecule has 0 aliphatic heterocycles. The van der Waals surface area contributed by atoms with Gasteiger partial charge in [0.05, 0.1) is 5.25 Å². The molecule has 1 aliphatic rings. The Kier molecular flexibility index (Phi) is 8.16. The van der Waals surface area contributed by atoms with Crippen LogP contribution in [0, 0.1) is 5.92 Å². The lowest BCUT2D eigenvalue weighted by atomic mass is 9.83. The van der Waals surface area contributed by atoms with Crippen LogP contribution in [0.5, 0.6) is 0 Å². The van der Waals surface area contributed by atoms with Gasteiger partial charge in [-0.15, -0.1) is 0 Å². The Balaban J connectivity index is 2.57. The van der Waals surface area contributed by atoms with Gasteiger partial charge in [-0.25, -0.2) is 0 Å². The Labute approximate surface area is 116 Å². The van der Waals surface area contributed by atoms with Crippen molar-refractivity contribution in [2.24, 2.45) is 5.92 Å². The first kappa shape index (κ1) is 16.2. The molecule has 1 N–H and O–H groups in total. The molecule has 1 aliphatic carbocycles. The molecule has 18 heavy (non-hydrogen) atoms. The highest BCUT2D eigenvalue weighted by Crippen LogP contribution is 2.31. The standard InChI is InChI=1S/C15H31NOS/c1-4-7-13-8-9-14(16-10-5-2)15(12-13)18(17)11-6-3/h13-16H,4-12H2,1-3H3. The molecule has 0 heterocycles. The molecule has 0 aromatic rings. The minimum absolute atomic E-state index is 0.404. The van der Waals surface area contributed by atoms with Gasteiger partial charge in [0.25, 0.3) is 0 Å². The zero-order valence-electron chi connectivity index (χ0n) is 12.4. The van der Waals surface area contributed by atoms with Gasteiger partial charge in [0, 0.05) is 22.6 Å². The van der Waals surface area contributed by atoms with Gasteiger partial charge in [0.2, 0.25) is 0 Å². The third kappa shape index (κ3) is 5.00. The van der Waals surface area contributed by atoms with Gasteiger partial charge in [-0.05, 0) is 44.6 Å². The van der Waals surface area contributed by atoms with Crippen molar-refractivity contribution in [3.05, 3.63) is 0 Å². The van der Waals surface area contributed by atoms with Gasteiger partial charge in [-0.3, -0.25) is 4.21 Å². The van der Waals surface area contributed by atoms with E-state index in [1.807, 2.05) is 0 Å². The van der Waals surface area contributed by atoms with Gasteiger partial charge in [0.15, 0.2) is 0 Å². The number of hydrogen-bond acceptors (Lipinski definition) is 2. The van der Waals surface area contributed by atoms with E-state index in [0.717, 1.165) is 24.6 Å². The molecule has 4 atom stereocenters. The maximum absolute atomic E-state index is 12.4. The van der Waals surface area contributed by atoms with Crippen LogP contribution in [0.4, 0.5) is 0 Å². The Morgan fingerprint density at radius 3 is 2.50 bits per heavy atom. The van der Waals surface area contributed by atoms with Gasteiger partial charge >= 0.3 is 0 Å².